The van der Waals surface area contributed by atoms with Gasteiger partial charge in [-0.2, -0.15) is 0 Å². The van der Waals surface area contributed by atoms with E-state index in [-0.39, 0.29) is 25.0 Å². The minimum Gasteiger partial charge on any atom is -0.484 e. The van der Waals surface area contributed by atoms with Gasteiger partial charge in [0.2, 0.25) is 0 Å². The Bertz CT molecular complexity index is 935. The van der Waals surface area contributed by atoms with E-state index < -0.39 is 0 Å². The molecule has 0 saturated heterocycles. The average Bonchev–Trinajstić information content (AvgIpc) is 2.81. The number of rotatable bonds is 10. The molecule has 0 bridgehead atoms. The predicted octanol–water partition coefficient (Wildman–Crippen LogP) is 4.04. The van der Waals surface area contributed by atoms with Crippen molar-refractivity contribution < 1.29 is 19.1 Å². The molecule has 7 heteroatoms. The molecule has 2 amide bonds. The lowest BCUT2D eigenvalue weighted by Crippen LogP contribution is -2.29. The molecule has 0 aromatic heterocycles. The van der Waals surface area contributed by atoms with E-state index >= 15 is 0 Å². The quantitative estimate of drug-likeness (QED) is 0.486. The third-order valence-electron chi connectivity index (χ3n) is 4.58. The van der Waals surface area contributed by atoms with Crippen molar-refractivity contribution in [3.8, 4) is 11.5 Å². The maximum Gasteiger partial charge on any atom is 0.258 e. The summed E-state index contributed by atoms with van der Waals surface area (Å²) in [4.78, 5) is 23.9. The van der Waals surface area contributed by atoms with Crippen molar-refractivity contribution in [2.24, 2.45) is 0 Å². The minimum absolute atomic E-state index is 0.0364. The van der Waals surface area contributed by atoms with Gasteiger partial charge in [-0.1, -0.05) is 53.6 Å². The van der Waals surface area contributed by atoms with E-state index in [1.807, 2.05) is 55.5 Å². The summed E-state index contributed by atoms with van der Waals surface area (Å²) >= 11 is 5.82. The fourth-order valence-electron chi connectivity index (χ4n) is 2.74. The molecular formula is C25H25ClN2O4. The van der Waals surface area contributed by atoms with Crippen LogP contribution >= 0.6 is 11.6 Å². The summed E-state index contributed by atoms with van der Waals surface area (Å²) in [7, 11) is 0. The Labute approximate surface area is 192 Å². The van der Waals surface area contributed by atoms with Crippen molar-refractivity contribution >= 4 is 23.4 Å². The first kappa shape index (κ1) is 23.2. The van der Waals surface area contributed by atoms with Gasteiger partial charge < -0.3 is 20.1 Å². The fourth-order valence-corrected chi connectivity index (χ4v) is 2.87. The molecule has 2 N–H and O–H groups in total. The topological polar surface area (TPSA) is 76.7 Å². The highest BCUT2D eigenvalue weighted by atomic mass is 35.5. The zero-order chi connectivity index (χ0) is 22.8. The van der Waals surface area contributed by atoms with E-state index in [9.17, 15) is 9.59 Å². The number of nitrogens with one attached hydrogen (secondary N) is 2. The summed E-state index contributed by atoms with van der Waals surface area (Å²) in [5.74, 6) is 0.836. The summed E-state index contributed by atoms with van der Waals surface area (Å²) in [5.41, 5.74) is 3.04. The third kappa shape index (κ3) is 7.96. The molecule has 0 aliphatic rings. The van der Waals surface area contributed by atoms with E-state index in [1.165, 1.54) is 0 Å². The van der Waals surface area contributed by atoms with Crippen molar-refractivity contribution in [3.63, 3.8) is 0 Å². The lowest BCUT2D eigenvalue weighted by Gasteiger charge is -2.09. The van der Waals surface area contributed by atoms with Gasteiger partial charge in [0.1, 0.15) is 11.5 Å². The second-order valence-corrected chi connectivity index (χ2v) is 7.65. The van der Waals surface area contributed by atoms with Gasteiger partial charge in [0.25, 0.3) is 11.8 Å². The van der Waals surface area contributed by atoms with Crippen LogP contribution in [0.4, 0.5) is 0 Å². The van der Waals surface area contributed by atoms with Gasteiger partial charge in [0, 0.05) is 18.1 Å². The molecule has 166 valence electrons. The van der Waals surface area contributed by atoms with Crippen molar-refractivity contribution in [1.29, 1.82) is 0 Å². The second-order valence-electron chi connectivity index (χ2n) is 7.21. The van der Waals surface area contributed by atoms with Gasteiger partial charge >= 0.3 is 0 Å². The van der Waals surface area contributed by atoms with Crippen LogP contribution in [0, 0.1) is 6.92 Å². The number of carbonyl (C=O) groups is 2. The van der Waals surface area contributed by atoms with Crippen molar-refractivity contribution in [2.75, 3.05) is 13.2 Å². The lowest BCUT2D eigenvalue weighted by atomic mass is 10.1. The summed E-state index contributed by atoms with van der Waals surface area (Å²) in [6.45, 7) is 2.67. The van der Waals surface area contributed by atoms with Crippen LogP contribution in [0.15, 0.2) is 72.8 Å². The summed E-state index contributed by atoms with van der Waals surface area (Å²) < 4.78 is 10.9. The van der Waals surface area contributed by atoms with Gasteiger partial charge in [0.05, 0.1) is 0 Å². The number of halogens is 1. The van der Waals surface area contributed by atoms with E-state index in [2.05, 4.69) is 10.6 Å². The second kappa shape index (κ2) is 11.8. The van der Waals surface area contributed by atoms with Gasteiger partial charge in [-0.05, 0) is 54.4 Å². The molecule has 0 unspecified atom stereocenters. The molecule has 0 aliphatic carbocycles. The van der Waals surface area contributed by atoms with Crippen LogP contribution in [-0.4, -0.2) is 25.0 Å². The first-order chi connectivity index (χ1) is 15.5. The Balaban J connectivity index is 1.34. The predicted molar refractivity (Wildman–Crippen MR) is 124 cm³/mol. The smallest absolute Gasteiger partial charge is 0.258 e. The summed E-state index contributed by atoms with van der Waals surface area (Å²) in [5, 5.41) is 6.25. The van der Waals surface area contributed by atoms with Crippen molar-refractivity contribution in [1.82, 2.24) is 10.6 Å². The molecule has 0 aliphatic heterocycles. The van der Waals surface area contributed by atoms with Crippen LogP contribution in [0.3, 0.4) is 0 Å². The molecule has 0 atom stereocenters. The first-order valence-corrected chi connectivity index (χ1v) is 10.5. The van der Waals surface area contributed by atoms with Gasteiger partial charge in [-0.3, -0.25) is 9.59 Å². The summed E-state index contributed by atoms with van der Waals surface area (Å²) in [6, 6.07) is 22.0. The van der Waals surface area contributed by atoms with Crippen LogP contribution in [-0.2, 0) is 22.7 Å². The van der Waals surface area contributed by atoms with Crippen molar-refractivity contribution in [3.05, 3.63) is 94.5 Å². The van der Waals surface area contributed by atoms with Gasteiger partial charge in [-0.25, -0.2) is 0 Å². The largest absolute Gasteiger partial charge is 0.484 e. The standard InChI is InChI=1S/C25H25ClN2O4/c1-18-2-10-22(11-3-18)31-16-24(29)27-14-19-4-6-20(7-5-19)15-28-25(30)17-32-23-12-8-21(26)9-13-23/h2-13H,14-17H2,1H3,(H,27,29)(H,28,30). The van der Waals surface area contributed by atoms with E-state index in [4.69, 9.17) is 21.1 Å². The number of carbonyl (C=O) groups excluding carboxylic acids is 2. The number of hydrogen-bond donors (Lipinski definition) is 2. The maximum absolute atomic E-state index is 12.0. The SMILES string of the molecule is Cc1ccc(OCC(=O)NCc2ccc(CNC(=O)COc3ccc(Cl)cc3)cc2)cc1. The zero-order valence-corrected chi connectivity index (χ0v) is 18.5. The first-order valence-electron chi connectivity index (χ1n) is 10.2. The van der Waals surface area contributed by atoms with Crippen molar-refractivity contribution in [2.45, 2.75) is 20.0 Å². The normalized spacial score (nSPS) is 10.3. The highest BCUT2D eigenvalue weighted by molar-refractivity contribution is 6.30. The van der Waals surface area contributed by atoms with E-state index in [0.29, 0.717) is 29.6 Å². The highest BCUT2D eigenvalue weighted by Crippen LogP contribution is 2.15. The molecule has 3 aromatic rings. The lowest BCUT2D eigenvalue weighted by molar-refractivity contribution is -0.124. The molecule has 3 aromatic carbocycles. The third-order valence-corrected chi connectivity index (χ3v) is 4.83. The van der Waals surface area contributed by atoms with Crippen LogP contribution in [0.2, 0.25) is 5.02 Å². The molecule has 0 fully saturated rings. The number of aryl methyl sites for hydroxylation is 1. The average molecular weight is 453 g/mol. The number of amides is 2. The number of benzene rings is 3. The zero-order valence-electron chi connectivity index (χ0n) is 17.8. The molecule has 32 heavy (non-hydrogen) atoms. The Kier molecular flexibility index (Phi) is 8.52. The molecule has 0 saturated carbocycles. The Morgan fingerprint density at radius 3 is 1.53 bits per heavy atom. The molecule has 0 radical (unpaired) electrons. The molecule has 0 heterocycles. The maximum atomic E-state index is 12.0. The van der Waals surface area contributed by atoms with Gasteiger partial charge in [-0.15, -0.1) is 0 Å². The molecule has 3 rings (SSSR count). The molecular weight excluding hydrogens is 428 g/mol. The van der Waals surface area contributed by atoms with Crippen LogP contribution < -0.4 is 20.1 Å². The Morgan fingerprint density at radius 2 is 1.09 bits per heavy atom. The molecule has 6 nitrogen and oxygen atoms in total. The number of hydrogen-bond acceptors (Lipinski definition) is 4. The van der Waals surface area contributed by atoms with Crippen LogP contribution in [0.25, 0.3) is 0 Å². The Morgan fingerprint density at radius 1 is 0.688 bits per heavy atom. The van der Waals surface area contributed by atoms with Crippen LogP contribution in [0.1, 0.15) is 16.7 Å². The fraction of sp³-hybridized carbons (Fsp3) is 0.200. The molecule has 0 spiro atoms. The van der Waals surface area contributed by atoms with E-state index in [1.54, 1.807) is 24.3 Å². The van der Waals surface area contributed by atoms with Gasteiger partial charge in [0.15, 0.2) is 13.2 Å². The number of ether oxygens (including phenoxy) is 2. The summed E-state index contributed by atoms with van der Waals surface area (Å²) in [6.07, 6.45) is 0. The van der Waals surface area contributed by atoms with Crippen LogP contribution in [0.5, 0.6) is 11.5 Å². The Hall–Kier alpha value is -3.51. The minimum atomic E-state index is -0.218. The highest BCUT2D eigenvalue weighted by Gasteiger charge is 2.05. The van der Waals surface area contributed by atoms with E-state index in [0.717, 1.165) is 16.7 Å². The monoisotopic (exact) mass is 452 g/mol.